The third-order valence-electron chi connectivity index (χ3n) is 6.16. The number of nitrogens with one attached hydrogen (secondary N) is 1. The summed E-state index contributed by atoms with van der Waals surface area (Å²) in [6.45, 7) is 7.37. The number of rotatable bonds is 8. The summed E-state index contributed by atoms with van der Waals surface area (Å²) in [5.41, 5.74) is 8.10. The van der Waals surface area contributed by atoms with Crippen molar-refractivity contribution in [3.63, 3.8) is 0 Å². The minimum atomic E-state index is -0.730. The molecule has 1 amide bonds. The van der Waals surface area contributed by atoms with Crippen LogP contribution in [0.5, 0.6) is 11.6 Å². The zero-order valence-corrected chi connectivity index (χ0v) is 20.5. The summed E-state index contributed by atoms with van der Waals surface area (Å²) in [4.78, 5) is 36.5. The molecule has 0 bridgehead atoms. The Kier molecular flexibility index (Phi) is 7.30. The van der Waals surface area contributed by atoms with E-state index in [4.69, 9.17) is 10.5 Å². The number of aryl methyl sites for hydroxylation is 1. The lowest BCUT2D eigenvalue weighted by Gasteiger charge is -2.34. The Labute approximate surface area is 209 Å². The number of benzene rings is 2. The van der Waals surface area contributed by atoms with Crippen molar-refractivity contribution in [2.75, 3.05) is 43.4 Å². The molecule has 0 spiro atoms. The van der Waals surface area contributed by atoms with Gasteiger partial charge in [0.2, 0.25) is 5.88 Å². The minimum Gasteiger partial charge on any atom is -0.437 e. The van der Waals surface area contributed by atoms with Gasteiger partial charge >= 0.3 is 0 Å². The van der Waals surface area contributed by atoms with E-state index in [1.54, 1.807) is 19.1 Å². The van der Waals surface area contributed by atoms with E-state index in [0.29, 0.717) is 23.4 Å². The molecular formula is C25H29N7O4. The van der Waals surface area contributed by atoms with Crippen LogP contribution in [0.15, 0.2) is 42.5 Å². The molecule has 2 aromatic carbocycles. The zero-order valence-electron chi connectivity index (χ0n) is 20.5. The summed E-state index contributed by atoms with van der Waals surface area (Å²) in [5.74, 6) is -0.165. The standard InChI is InChI=1S/C25H29N7O4/c1-4-19-25(36-21-7-5-6-20(16(21)2)32(34)35)29-24(22(28-19)23(26)33)27-17-8-10-18(11-9-17)31-14-12-30(3)13-15-31/h5-11H,4,12-15H2,1-3H3,(H2,26,33)(H,27,29). The molecule has 188 valence electrons. The van der Waals surface area contributed by atoms with E-state index in [-0.39, 0.29) is 28.8 Å². The molecule has 4 rings (SSSR count). The van der Waals surface area contributed by atoms with E-state index in [9.17, 15) is 14.9 Å². The van der Waals surface area contributed by atoms with E-state index in [1.165, 1.54) is 6.07 Å². The van der Waals surface area contributed by atoms with Crippen molar-refractivity contribution >= 4 is 28.8 Å². The number of nitro benzene ring substituents is 1. The maximum atomic E-state index is 12.2. The van der Waals surface area contributed by atoms with Crippen LogP contribution in [-0.2, 0) is 6.42 Å². The van der Waals surface area contributed by atoms with E-state index in [2.05, 4.69) is 32.1 Å². The lowest BCUT2D eigenvalue weighted by atomic mass is 10.2. The van der Waals surface area contributed by atoms with E-state index in [0.717, 1.165) is 31.9 Å². The third kappa shape index (κ3) is 5.36. The number of nitro groups is 1. The van der Waals surface area contributed by atoms with Gasteiger partial charge < -0.3 is 25.6 Å². The first-order chi connectivity index (χ1) is 17.3. The van der Waals surface area contributed by atoms with Crippen molar-refractivity contribution in [2.24, 2.45) is 5.73 Å². The molecule has 1 saturated heterocycles. The highest BCUT2D eigenvalue weighted by molar-refractivity contribution is 5.96. The van der Waals surface area contributed by atoms with Gasteiger partial charge in [0, 0.05) is 43.6 Å². The van der Waals surface area contributed by atoms with Gasteiger partial charge in [-0.05, 0) is 50.7 Å². The normalized spacial score (nSPS) is 13.9. The number of carbonyl (C=O) groups excluding carboxylic acids is 1. The minimum absolute atomic E-state index is 0.0156. The number of primary amides is 1. The second-order valence-electron chi connectivity index (χ2n) is 8.61. The average molecular weight is 492 g/mol. The van der Waals surface area contributed by atoms with Crippen molar-refractivity contribution in [2.45, 2.75) is 20.3 Å². The van der Waals surface area contributed by atoms with Crippen LogP contribution < -0.4 is 20.7 Å². The van der Waals surface area contributed by atoms with Gasteiger partial charge in [0.1, 0.15) is 11.4 Å². The first kappa shape index (κ1) is 24.9. The SMILES string of the molecule is CCc1nc(C(N)=O)c(Nc2ccc(N3CCN(C)CC3)cc2)nc1Oc1cccc([N+](=O)[O-])c1C. The van der Waals surface area contributed by atoms with Crippen LogP contribution in [0.2, 0.25) is 0 Å². The molecule has 2 heterocycles. The number of likely N-dealkylation sites (N-methyl/N-ethyl adjacent to an activating group) is 1. The summed E-state index contributed by atoms with van der Waals surface area (Å²) in [5, 5.41) is 14.4. The van der Waals surface area contributed by atoms with E-state index >= 15 is 0 Å². The molecule has 0 saturated carbocycles. The van der Waals surface area contributed by atoms with E-state index < -0.39 is 10.8 Å². The Hall–Kier alpha value is -4.25. The summed E-state index contributed by atoms with van der Waals surface area (Å²) < 4.78 is 5.96. The van der Waals surface area contributed by atoms with Crippen molar-refractivity contribution in [1.29, 1.82) is 0 Å². The first-order valence-electron chi connectivity index (χ1n) is 11.7. The molecule has 0 atom stereocenters. The lowest BCUT2D eigenvalue weighted by Crippen LogP contribution is -2.44. The third-order valence-corrected chi connectivity index (χ3v) is 6.16. The summed E-state index contributed by atoms with van der Waals surface area (Å²) in [6.07, 6.45) is 0.413. The summed E-state index contributed by atoms with van der Waals surface area (Å²) in [6, 6.07) is 12.4. The molecule has 0 unspecified atom stereocenters. The highest BCUT2D eigenvalue weighted by atomic mass is 16.6. The molecular weight excluding hydrogens is 462 g/mol. The number of aromatic nitrogens is 2. The molecule has 0 aliphatic carbocycles. The van der Waals surface area contributed by atoms with Gasteiger partial charge in [-0.15, -0.1) is 0 Å². The number of nitrogens with zero attached hydrogens (tertiary/aromatic N) is 5. The van der Waals surface area contributed by atoms with Crippen LogP contribution in [0, 0.1) is 17.0 Å². The Morgan fingerprint density at radius 3 is 2.44 bits per heavy atom. The molecule has 1 fully saturated rings. The monoisotopic (exact) mass is 491 g/mol. The number of anilines is 3. The van der Waals surface area contributed by atoms with Crippen molar-refractivity contribution in [3.8, 4) is 11.6 Å². The van der Waals surface area contributed by atoms with Gasteiger partial charge in [-0.2, -0.15) is 4.98 Å². The fourth-order valence-electron chi connectivity index (χ4n) is 4.00. The largest absolute Gasteiger partial charge is 0.437 e. The fourth-order valence-corrected chi connectivity index (χ4v) is 4.00. The van der Waals surface area contributed by atoms with Crippen LogP contribution in [0.4, 0.5) is 22.9 Å². The van der Waals surface area contributed by atoms with Gasteiger partial charge in [0.25, 0.3) is 11.6 Å². The number of piperazine rings is 1. The van der Waals surface area contributed by atoms with Crippen molar-refractivity contribution < 1.29 is 14.5 Å². The van der Waals surface area contributed by atoms with Gasteiger partial charge in [0.15, 0.2) is 11.5 Å². The van der Waals surface area contributed by atoms with Crippen molar-refractivity contribution in [1.82, 2.24) is 14.9 Å². The molecule has 1 aromatic heterocycles. The Balaban J connectivity index is 1.63. The van der Waals surface area contributed by atoms with Crippen LogP contribution in [0.1, 0.15) is 28.7 Å². The molecule has 36 heavy (non-hydrogen) atoms. The number of nitrogens with two attached hydrogens (primary N) is 1. The predicted molar refractivity (Wildman–Crippen MR) is 137 cm³/mol. The first-order valence-corrected chi connectivity index (χ1v) is 11.7. The molecule has 0 radical (unpaired) electrons. The maximum absolute atomic E-state index is 12.2. The van der Waals surface area contributed by atoms with Crippen LogP contribution in [0.3, 0.4) is 0 Å². The maximum Gasteiger partial charge on any atom is 0.276 e. The lowest BCUT2D eigenvalue weighted by molar-refractivity contribution is -0.385. The van der Waals surface area contributed by atoms with Gasteiger partial charge in [-0.25, -0.2) is 4.98 Å². The highest BCUT2D eigenvalue weighted by Crippen LogP contribution is 2.33. The Bertz CT molecular complexity index is 1270. The summed E-state index contributed by atoms with van der Waals surface area (Å²) in [7, 11) is 2.11. The fraction of sp³-hybridized carbons (Fsp3) is 0.320. The van der Waals surface area contributed by atoms with Gasteiger partial charge in [-0.1, -0.05) is 13.0 Å². The van der Waals surface area contributed by atoms with Crippen LogP contribution in [-0.4, -0.2) is 58.9 Å². The molecule has 11 nitrogen and oxygen atoms in total. The van der Waals surface area contributed by atoms with Crippen LogP contribution >= 0.6 is 0 Å². The highest BCUT2D eigenvalue weighted by Gasteiger charge is 2.21. The predicted octanol–water partition coefficient (Wildman–Crippen LogP) is 3.64. The topological polar surface area (TPSA) is 140 Å². The quantitative estimate of drug-likeness (QED) is 0.357. The zero-order chi connectivity index (χ0) is 25.8. The summed E-state index contributed by atoms with van der Waals surface area (Å²) >= 11 is 0. The number of ether oxygens (including phenoxy) is 1. The number of hydrogen-bond acceptors (Lipinski definition) is 9. The smallest absolute Gasteiger partial charge is 0.276 e. The van der Waals surface area contributed by atoms with Crippen molar-refractivity contribution in [3.05, 3.63) is 69.5 Å². The number of amides is 1. The van der Waals surface area contributed by atoms with E-state index in [1.807, 2.05) is 31.2 Å². The number of hydrogen-bond donors (Lipinski definition) is 2. The molecule has 1 aliphatic heterocycles. The molecule has 3 aromatic rings. The molecule has 1 aliphatic rings. The van der Waals surface area contributed by atoms with Crippen LogP contribution in [0.25, 0.3) is 0 Å². The number of carbonyl (C=O) groups is 1. The van der Waals surface area contributed by atoms with Gasteiger partial charge in [0.05, 0.1) is 10.5 Å². The van der Waals surface area contributed by atoms with Gasteiger partial charge in [-0.3, -0.25) is 14.9 Å². The molecule has 3 N–H and O–H groups in total. The second-order valence-corrected chi connectivity index (χ2v) is 8.61. The Morgan fingerprint density at radius 2 is 1.83 bits per heavy atom. The second kappa shape index (κ2) is 10.6. The Morgan fingerprint density at radius 1 is 1.14 bits per heavy atom. The molecule has 11 heteroatoms. The average Bonchev–Trinajstić information content (AvgIpc) is 2.86.